The van der Waals surface area contributed by atoms with Gasteiger partial charge in [0.15, 0.2) is 5.75 Å². The number of benzene rings is 2. The summed E-state index contributed by atoms with van der Waals surface area (Å²) in [5, 5.41) is 11.5. The van der Waals surface area contributed by atoms with Crippen LogP contribution in [0.25, 0.3) is 6.08 Å². The van der Waals surface area contributed by atoms with Crippen LogP contribution in [0.4, 0.5) is 5.69 Å². The number of anilines is 1. The number of halogens is 2. The zero-order chi connectivity index (χ0) is 18.1. The van der Waals surface area contributed by atoms with Crippen molar-refractivity contribution in [1.82, 2.24) is 0 Å². The Balaban J connectivity index is 1.89. The van der Waals surface area contributed by atoms with E-state index in [1.807, 2.05) is 19.1 Å². The Morgan fingerprint density at radius 2 is 1.92 bits per heavy atom. The van der Waals surface area contributed by atoms with Gasteiger partial charge in [-0.25, -0.2) is 4.79 Å². The van der Waals surface area contributed by atoms with E-state index in [0.29, 0.717) is 26.0 Å². The van der Waals surface area contributed by atoms with E-state index >= 15 is 0 Å². The molecule has 2 aromatic carbocycles. The van der Waals surface area contributed by atoms with Gasteiger partial charge in [0.2, 0.25) is 5.91 Å². The molecule has 0 bridgehead atoms. The van der Waals surface area contributed by atoms with Crippen LogP contribution in [-0.4, -0.2) is 17.0 Å². The first-order chi connectivity index (χ1) is 11.8. The van der Waals surface area contributed by atoms with Gasteiger partial charge in [-0.2, -0.15) is 0 Å². The molecular formula is C18H13Br2NO4. The summed E-state index contributed by atoms with van der Waals surface area (Å²) in [6.07, 6.45) is 2.57. The number of fused-ring (bicyclic) bond motifs is 1. The minimum absolute atomic E-state index is 0.0240. The van der Waals surface area contributed by atoms with Crippen molar-refractivity contribution in [1.29, 1.82) is 0 Å². The number of nitrogens with one attached hydrogen (secondary N) is 1. The van der Waals surface area contributed by atoms with Gasteiger partial charge in [0.1, 0.15) is 5.75 Å². The lowest BCUT2D eigenvalue weighted by Gasteiger charge is -2.12. The van der Waals surface area contributed by atoms with Gasteiger partial charge in [0.05, 0.1) is 14.9 Å². The summed E-state index contributed by atoms with van der Waals surface area (Å²) in [5.41, 5.74) is 2.42. The number of carbonyl (C=O) groups excluding carboxylic acids is 1. The zero-order valence-corrected chi connectivity index (χ0v) is 16.2. The molecule has 1 heterocycles. The molecule has 0 radical (unpaired) electrons. The first-order valence-electron chi connectivity index (χ1n) is 7.38. The average molecular weight is 467 g/mol. The predicted octanol–water partition coefficient (Wildman–Crippen LogP) is 5.16. The molecule has 5 nitrogen and oxygen atoms in total. The minimum Gasteiger partial charge on any atom is -0.478 e. The largest absolute Gasteiger partial charge is 0.478 e. The van der Waals surface area contributed by atoms with E-state index in [-0.39, 0.29) is 11.8 Å². The fourth-order valence-corrected chi connectivity index (χ4v) is 3.90. The van der Waals surface area contributed by atoms with Gasteiger partial charge >= 0.3 is 5.97 Å². The summed E-state index contributed by atoms with van der Waals surface area (Å²) in [4.78, 5) is 22.4. The standard InChI is InChI=1S/C18H13Br2NO4/c1-9-12-8-11(3-4-15(12)21-18(9)24)25-17-13(19)6-10(7-14(17)20)2-5-16(22)23/h2-9H,1H3,(H,21,24)(H,22,23)/b5-2+. The molecule has 0 saturated carbocycles. The number of carboxylic acid groups (broad SMARTS) is 1. The van der Waals surface area contributed by atoms with Crippen molar-refractivity contribution in [3.63, 3.8) is 0 Å². The van der Waals surface area contributed by atoms with Gasteiger partial charge in [-0.05, 0) is 86.3 Å². The first-order valence-corrected chi connectivity index (χ1v) is 8.96. The van der Waals surface area contributed by atoms with E-state index in [1.165, 1.54) is 6.08 Å². The Kier molecular flexibility index (Phi) is 4.96. The summed E-state index contributed by atoms with van der Waals surface area (Å²) in [5.74, 6) is -0.0734. The highest BCUT2D eigenvalue weighted by molar-refractivity contribution is 9.11. The van der Waals surface area contributed by atoms with Crippen LogP contribution in [0.1, 0.15) is 24.0 Å². The van der Waals surface area contributed by atoms with E-state index in [9.17, 15) is 9.59 Å². The van der Waals surface area contributed by atoms with Crippen molar-refractivity contribution in [3.05, 3.63) is 56.5 Å². The summed E-state index contributed by atoms with van der Waals surface area (Å²) in [7, 11) is 0. The molecular weight excluding hydrogens is 454 g/mol. The Hall–Kier alpha value is -2.12. The molecule has 0 fully saturated rings. The molecule has 1 atom stereocenters. The van der Waals surface area contributed by atoms with Gasteiger partial charge < -0.3 is 15.2 Å². The number of hydrogen-bond acceptors (Lipinski definition) is 3. The van der Waals surface area contributed by atoms with Crippen LogP contribution in [0.3, 0.4) is 0 Å². The summed E-state index contributed by atoms with van der Waals surface area (Å²) >= 11 is 6.89. The Morgan fingerprint density at radius 3 is 2.56 bits per heavy atom. The Morgan fingerprint density at radius 1 is 1.24 bits per heavy atom. The van der Waals surface area contributed by atoms with Crippen LogP contribution in [0.5, 0.6) is 11.5 Å². The van der Waals surface area contributed by atoms with Crippen LogP contribution < -0.4 is 10.1 Å². The highest BCUT2D eigenvalue weighted by Gasteiger charge is 2.26. The Labute approximate surface area is 160 Å². The third kappa shape index (κ3) is 3.77. The van der Waals surface area contributed by atoms with E-state index in [0.717, 1.165) is 17.3 Å². The highest BCUT2D eigenvalue weighted by Crippen LogP contribution is 2.40. The molecule has 7 heteroatoms. The van der Waals surface area contributed by atoms with Crippen LogP contribution in [0.15, 0.2) is 45.4 Å². The van der Waals surface area contributed by atoms with Crippen molar-refractivity contribution in [2.45, 2.75) is 12.8 Å². The third-order valence-corrected chi connectivity index (χ3v) is 4.98. The number of rotatable bonds is 4. The normalized spacial score (nSPS) is 16.0. The van der Waals surface area contributed by atoms with Crippen molar-refractivity contribution >= 4 is 55.5 Å². The predicted molar refractivity (Wildman–Crippen MR) is 102 cm³/mol. The molecule has 25 heavy (non-hydrogen) atoms. The van der Waals surface area contributed by atoms with Crippen molar-refractivity contribution in [2.24, 2.45) is 0 Å². The molecule has 2 N–H and O–H groups in total. The van der Waals surface area contributed by atoms with E-state index < -0.39 is 5.97 Å². The summed E-state index contributed by atoms with van der Waals surface area (Å²) in [6, 6.07) is 8.97. The fraction of sp³-hybridized carbons (Fsp3) is 0.111. The molecule has 0 aromatic heterocycles. The molecule has 128 valence electrons. The SMILES string of the molecule is CC1C(=O)Nc2ccc(Oc3c(Br)cc(/C=C/C(=O)O)cc3Br)cc21. The molecule has 1 aliphatic heterocycles. The van der Waals surface area contributed by atoms with Crippen LogP contribution in [0, 0.1) is 0 Å². The van der Waals surface area contributed by atoms with E-state index in [1.54, 1.807) is 18.2 Å². The highest BCUT2D eigenvalue weighted by atomic mass is 79.9. The number of ether oxygens (including phenoxy) is 1. The summed E-state index contributed by atoms with van der Waals surface area (Å²) < 4.78 is 7.31. The average Bonchev–Trinajstić information content (AvgIpc) is 2.83. The van der Waals surface area contributed by atoms with E-state index in [4.69, 9.17) is 9.84 Å². The van der Waals surface area contributed by atoms with Gasteiger partial charge in [0, 0.05) is 11.8 Å². The smallest absolute Gasteiger partial charge is 0.328 e. The van der Waals surface area contributed by atoms with Gasteiger partial charge in [-0.15, -0.1) is 0 Å². The van der Waals surface area contributed by atoms with E-state index in [2.05, 4.69) is 37.2 Å². The second-order valence-electron chi connectivity index (χ2n) is 5.55. The maximum atomic E-state index is 11.7. The molecule has 0 aliphatic carbocycles. The fourth-order valence-electron chi connectivity index (χ4n) is 2.52. The van der Waals surface area contributed by atoms with Crippen LogP contribution >= 0.6 is 31.9 Å². The second-order valence-corrected chi connectivity index (χ2v) is 7.26. The maximum Gasteiger partial charge on any atom is 0.328 e. The van der Waals surface area contributed by atoms with Gasteiger partial charge in [0.25, 0.3) is 0 Å². The lowest BCUT2D eigenvalue weighted by atomic mass is 10.0. The molecule has 1 amide bonds. The first kappa shape index (κ1) is 17.7. The van der Waals surface area contributed by atoms with Crippen molar-refractivity contribution in [2.75, 3.05) is 5.32 Å². The second kappa shape index (κ2) is 7.01. The number of amides is 1. The van der Waals surface area contributed by atoms with Crippen molar-refractivity contribution < 1.29 is 19.4 Å². The van der Waals surface area contributed by atoms with Gasteiger partial charge in [-0.1, -0.05) is 0 Å². The zero-order valence-electron chi connectivity index (χ0n) is 13.0. The molecule has 3 rings (SSSR count). The minimum atomic E-state index is -1.01. The molecule has 0 saturated heterocycles. The number of carboxylic acids is 1. The summed E-state index contributed by atoms with van der Waals surface area (Å²) in [6.45, 7) is 1.85. The quantitative estimate of drug-likeness (QED) is 0.610. The van der Waals surface area contributed by atoms with Gasteiger partial charge in [-0.3, -0.25) is 4.79 Å². The lowest BCUT2D eigenvalue weighted by Crippen LogP contribution is -2.08. The van der Waals surface area contributed by atoms with Crippen LogP contribution in [-0.2, 0) is 9.59 Å². The molecule has 0 spiro atoms. The monoisotopic (exact) mass is 465 g/mol. The van der Waals surface area contributed by atoms with Crippen LogP contribution in [0.2, 0.25) is 0 Å². The number of hydrogen-bond donors (Lipinski definition) is 2. The third-order valence-electron chi connectivity index (χ3n) is 3.80. The Bertz CT molecular complexity index is 885. The lowest BCUT2D eigenvalue weighted by molar-refractivity contribution is -0.131. The molecule has 1 aliphatic rings. The topological polar surface area (TPSA) is 75.6 Å². The molecule has 2 aromatic rings. The number of carbonyl (C=O) groups is 2. The maximum absolute atomic E-state index is 11.7. The van der Waals surface area contributed by atoms with Crippen molar-refractivity contribution in [3.8, 4) is 11.5 Å². The molecule has 1 unspecified atom stereocenters. The number of aliphatic carboxylic acids is 1.